The van der Waals surface area contributed by atoms with E-state index in [2.05, 4.69) is 34.6 Å². The minimum absolute atomic E-state index is 0.122. The van der Waals surface area contributed by atoms with E-state index in [0.29, 0.717) is 13.0 Å². The van der Waals surface area contributed by atoms with Crippen molar-refractivity contribution in [1.82, 2.24) is 9.97 Å². The Bertz CT molecular complexity index is 1070. The van der Waals surface area contributed by atoms with Gasteiger partial charge >= 0.3 is 5.97 Å². The number of carbonyl (C=O) groups excluding carboxylic acids is 1. The van der Waals surface area contributed by atoms with Gasteiger partial charge in [0.25, 0.3) is 0 Å². The summed E-state index contributed by atoms with van der Waals surface area (Å²) in [6.45, 7) is 3.31. The van der Waals surface area contributed by atoms with Crippen molar-refractivity contribution < 1.29 is 9.53 Å². The maximum Gasteiger partial charge on any atom is 0.306 e. The number of unbranched alkanes of at least 4 members (excludes halogenated alkanes) is 3. The first-order valence-corrected chi connectivity index (χ1v) is 12.5. The zero-order valence-electron chi connectivity index (χ0n) is 19.7. The van der Waals surface area contributed by atoms with Gasteiger partial charge in [-0.15, -0.1) is 0 Å². The molecule has 33 heavy (non-hydrogen) atoms. The lowest BCUT2D eigenvalue weighted by Crippen LogP contribution is -2.14. The number of aryl methyl sites for hydroxylation is 2. The molecule has 0 amide bonds. The van der Waals surface area contributed by atoms with Crippen LogP contribution in [0.25, 0.3) is 10.9 Å². The number of para-hydroxylation sites is 1. The summed E-state index contributed by atoms with van der Waals surface area (Å²) in [7, 11) is 0. The summed E-state index contributed by atoms with van der Waals surface area (Å²) < 4.78 is 5.24. The summed E-state index contributed by atoms with van der Waals surface area (Å²) in [5.74, 6) is 1.11. The second kappa shape index (κ2) is 11.8. The van der Waals surface area contributed by atoms with E-state index in [0.717, 1.165) is 67.4 Å². The van der Waals surface area contributed by atoms with E-state index in [-0.39, 0.29) is 11.9 Å². The van der Waals surface area contributed by atoms with Crippen LogP contribution in [-0.2, 0) is 22.4 Å². The van der Waals surface area contributed by atoms with Gasteiger partial charge in [-0.2, -0.15) is 0 Å². The van der Waals surface area contributed by atoms with Crippen LogP contribution in [0.3, 0.4) is 0 Å². The van der Waals surface area contributed by atoms with Crippen LogP contribution in [0.1, 0.15) is 74.6 Å². The van der Waals surface area contributed by atoms with Crippen LogP contribution in [0.2, 0.25) is 0 Å². The van der Waals surface area contributed by atoms with Crippen molar-refractivity contribution in [3.63, 3.8) is 0 Å². The maximum atomic E-state index is 12.2. The van der Waals surface area contributed by atoms with E-state index in [1.807, 2.05) is 31.3 Å². The lowest BCUT2D eigenvalue weighted by atomic mass is 9.90. The zero-order chi connectivity index (χ0) is 22.9. The van der Waals surface area contributed by atoms with E-state index < -0.39 is 0 Å². The highest BCUT2D eigenvalue weighted by Crippen LogP contribution is 2.28. The fraction of sp³-hybridized carbons (Fsp3) is 0.464. The Morgan fingerprint density at radius 2 is 2.00 bits per heavy atom. The number of esters is 1. The average Bonchev–Trinajstić information content (AvgIpc) is 2.85. The summed E-state index contributed by atoms with van der Waals surface area (Å²) in [4.78, 5) is 21.6. The van der Waals surface area contributed by atoms with Gasteiger partial charge < -0.3 is 10.1 Å². The van der Waals surface area contributed by atoms with E-state index in [9.17, 15) is 4.79 Å². The third kappa shape index (κ3) is 6.53. The number of fused-ring (bicyclic) bond motifs is 2. The number of pyridine rings is 2. The Balaban J connectivity index is 1.28. The smallest absolute Gasteiger partial charge is 0.306 e. The molecule has 1 aromatic carbocycles. The molecule has 5 heteroatoms. The molecule has 1 N–H and O–H groups in total. The van der Waals surface area contributed by atoms with Gasteiger partial charge in [0.05, 0.1) is 18.5 Å². The molecule has 3 aromatic rings. The molecule has 0 bridgehead atoms. The van der Waals surface area contributed by atoms with Crippen LogP contribution in [0, 0.1) is 0 Å². The molecule has 0 spiro atoms. The summed E-state index contributed by atoms with van der Waals surface area (Å²) in [6.07, 6.45) is 11.2. The van der Waals surface area contributed by atoms with Gasteiger partial charge in [0, 0.05) is 23.8 Å². The number of benzene rings is 1. The molecule has 0 fully saturated rings. The molecule has 5 nitrogen and oxygen atoms in total. The van der Waals surface area contributed by atoms with E-state index >= 15 is 0 Å². The van der Waals surface area contributed by atoms with E-state index in [1.54, 1.807) is 0 Å². The Morgan fingerprint density at radius 3 is 2.91 bits per heavy atom. The molecule has 4 rings (SSSR count). The highest BCUT2D eigenvalue weighted by atomic mass is 16.5. The van der Waals surface area contributed by atoms with Crippen LogP contribution in [0.5, 0.6) is 0 Å². The molecule has 1 atom stereocenters. The van der Waals surface area contributed by atoms with Crippen LogP contribution in [0.4, 0.5) is 5.82 Å². The standard InChI is InChI=1S/C28H35N3O2/c1-2-33-27(32)19-22(24-18-23-11-7-8-14-26(23)30-20-24)10-5-3-4-6-13-25-16-15-21-12-9-17-29-28(21)31-25/h7-8,11,14-16,18,20,22H,2-6,9-10,12-13,17,19H2,1H3,(H,29,31). The number of nitrogens with one attached hydrogen (secondary N) is 1. The lowest BCUT2D eigenvalue weighted by Gasteiger charge is -2.18. The lowest BCUT2D eigenvalue weighted by molar-refractivity contribution is -0.143. The molecule has 0 saturated carbocycles. The highest BCUT2D eigenvalue weighted by molar-refractivity contribution is 5.79. The molecule has 1 unspecified atom stereocenters. The number of aromatic nitrogens is 2. The molecule has 3 heterocycles. The predicted octanol–water partition coefficient (Wildman–Crippen LogP) is 6.22. The quantitative estimate of drug-likeness (QED) is 0.280. The second-order valence-electron chi connectivity index (χ2n) is 8.96. The van der Waals surface area contributed by atoms with Crippen LogP contribution in [-0.4, -0.2) is 29.1 Å². The number of carbonyl (C=O) groups is 1. The number of nitrogens with zero attached hydrogens (tertiary/aromatic N) is 2. The van der Waals surface area contributed by atoms with Gasteiger partial charge in [-0.1, -0.05) is 43.5 Å². The fourth-order valence-electron chi connectivity index (χ4n) is 4.68. The first-order chi connectivity index (χ1) is 16.2. The van der Waals surface area contributed by atoms with Crippen molar-refractivity contribution in [3.05, 3.63) is 65.5 Å². The number of anilines is 1. The molecule has 1 aliphatic heterocycles. The van der Waals surface area contributed by atoms with E-state index in [1.165, 1.54) is 24.1 Å². The van der Waals surface area contributed by atoms with Gasteiger partial charge in [0.2, 0.25) is 0 Å². The van der Waals surface area contributed by atoms with Crippen LogP contribution >= 0.6 is 0 Å². The molecule has 1 aliphatic rings. The molecule has 0 aliphatic carbocycles. The van der Waals surface area contributed by atoms with Gasteiger partial charge in [-0.05, 0) is 74.3 Å². The van der Waals surface area contributed by atoms with Crippen molar-refractivity contribution >= 4 is 22.7 Å². The molecule has 0 radical (unpaired) electrons. The first kappa shape index (κ1) is 23.2. The number of hydrogen-bond donors (Lipinski definition) is 1. The predicted molar refractivity (Wildman–Crippen MR) is 134 cm³/mol. The normalized spacial score (nSPS) is 13.8. The molecule has 174 valence electrons. The summed E-state index contributed by atoms with van der Waals surface area (Å²) >= 11 is 0. The first-order valence-electron chi connectivity index (χ1n) is 12.5. The van der Waals surface area contributed by atoms with Gasteiger partial charge in [-0.25, -0.2) is 4.98 Å². The minimum atomic E-state index is -0.122. The van der Waals surface area contributed by atoms with Crippen molar-refractivity contribution in [2.75, 3.05) is 18.5 Å². The third-order valence-electron chi connectivity index (χ3n) is 6.49. The number of hydrogen-bond acceptors (Lipinski definition) is 5. The number of rotatable bonds is 11. The Morgan fingerprint density at radius 1 is 1.12 bits per heavy atom. The molecule has 2 aromatic heterocycles. The summed E-state index contributed by atoms with van der Waals surface area (Å²) in [5, 5.41) is 4.54. The van der Waals surface area contributed by atoms with Gasteiger partial charge in [-0.3, -0.25) is 9.78 Å². The molecular weight excluding hydrogens is 410 g/mol. The Hall–Kier alpha value is -2.95. The SMILES string of the molecule is CCOC(=O)CC(CCCCCCc1ccc2c(n1)NCCC2)c1cnc2ccccc2c1. The average molecular weight is 446 g/mol. The largest absolute Gasteiger partial charge is 0.466 e. The number of ether oxygens (including phenoxy) is 1. The van der Waals surface area contributed by atoms with Crippen molar-refractivity contribution in [1.29, 1.82) is 0 Å². The second-order valence-corrected chi connectivity index (χ2v) is 8.96. The van der Waals surface area contributed by atoms with Gasteiger partial charge in [0.15, 0.2) is 0 Å². The van der Waals surface area contributed by atoms with E-state index in [4.69, 9.17) is 9.72 Å². The summed E-state index contributed by atoms with van der Waals surface area (Å²) in [5.41, 5.74) is 4.65. The zero-order valence-corrected chi connectivity index (χ0v) is 19.7. The fourth-order valence-corrected chi connectivity index (χ4v) is 4.68. The minimum Gasteiger partial charge on any atom is -0.466 e. The van der Waals surface area contributed by atoms with Crippen molar-refractivity contribution in [2.24, 2.45) is 0 Å². The van der Waals surface area contributed by atoms with Crippen molar-refractivity contribution in [3.8, 4) is 0 Å². The Kier molecular flexibility index (Phi) is 8.29. The summed E-state index contributed by atoms with van der Waals surface area (Å²) in [6, 6.07) is 14.7. The molecule has 0 saturated heterocycles. The third-order valence-corrected chi connectivity index (χ3v) is 6.49. The topological polar surface area (TPSA) is 64.1 Å². The monoisotopic (exact) mass is 445 g/mol. The highest BCUT2D eigenvalue weighted by Gasteiger charge is 2.18. The van der Waals surface area contributed by atoms with Crippen LogP contribution in [0.15, 0.2) is 48.7 Å². The van der Waals surface area contributed by atoms with Crippen LogP contribution < -0.4 is 5.32 Å². The maximum absolute atomic E-state index is 12.2. The van der Waals surface area contributed by atoms with Gasteiger partial charge in [0.1, 0.15) is 5.82 Å². The Labute approximate surface area is 197 Å². The van der Waals surface area contributed by atoms with Crippen molar-refractivity contribution in [2.45, 2.75) is 70.6 Å². The molecular formula is C28H35N3O2.